The van der Waals surface area contributed by atoms with Crippen LogP contribution in [0.4, 0.5) is 5.82 Å². The van der Waals surface area contributed by atoms with Gasteiger partial charge < -0.3 is 14.7 Å². The maximum absolute atomic E-state index is 9.96. The summed E-state index contributed by atoms with van der Waals surface area (Å²) in [6.07, 6.45) is 5.37. The minimum atomic E-state index is -0.287. The molecule has 1 saturated heterocycles. The predicted molar refractivity (Wildman–Crippen MR) is 104 cm³/mol. The lowest BCUT2D eigenvalue weighted by molar-refractivity contribution is 0.154. The Bertz CT molecular complexity index is 907. The van der Waals surface area contributed by atoms with Crippen molar-refractivity contribution in [3.05, 3.63) is 47.4 Å². The number of fused-ring (bicyclic) bond motifs is 1. The summed E-state index contributed by atoms with van der Waals surface area (Å²) in [6.45, 7) is 4.35. The molecule has 27 heavy (non-hydrogen) atoms. The largest absolute Gasteiger partial charge is 0.488 e. The second kappa shape index (κ2) is 6.30. The van der Waals surface area contributed by atoms with Crippen LogP contribution in [0.2, 0.25) is 0 Å². The van der Waals surface area contributed by atoms with Gasteiger partial charge in [-0.2, -0.15) is 0 Å². The van der Waals surface area contributed by atoms with Gasteiger partial charge in [0.25, 0.3) is 0 Å². The number of ether oxygens (including phenoxy) is 1. The Labute approximate surface area is 158 Å². The summed E-state index contributed by atoms with van der Waals surface area (Å²) in [5.41, 5.74) is 4.03. The van der Waals surface area contributed by atoms with Crippen molar-refractivity contribution in [3.8, 4) is 5.75 Å². The molecule has 0 amide bonds. The van der Waals surface area contributed by atoms with Crippen LogP contribution in [0.3, 0.4) is 0 Å². The first-order chi connectivity index (χ1) is 13.1. The molecule has 0 radical (unpaired) electrons. The van der Waals surface area contributed by atoms with E-state index in [4.69, 9.17) is 9.73 Å². The third kappa shape index (κ3) is 3.30. The SMILES string of the molecule is CC1(Oc2ccc3c(c2)C(c2cc(N4CCC[C@@H](O)C4)ncn2)=NC3)CC1. The van der Waals surface area contributed by atoms with E-state index in [9.17, 15) is 5.11 Å². The van der Waals surface area contributed by atoms with Gasteiger partial charge in [-0.05, 0) is 50.3 Å². The van der Waals surface area contributed by atoms with Gasteiger partial charge in [0, 0.05) is 24.7 Å². The van der Waals surface area contributed by atoms with Crippen molar-refractivity contribution in [2.24, 2.45) is 4.99 Å². The number of aliphatic imine (C=N–C) groups is 1. The number of rotatable bonds is 4. The average Bonchev–Trinajstić information content (AvgIpc) is 3.25. The van der Waals surface area contributed by atoms with Crippen molar-refractivity contribution in [2.75, 3.05) is 18.0 Å². The van der Waals surface area contributed by atoms with E-state index < -0.39 is 0 Å². The van der Waals surface area contributed by atoms with Crippen molar-refractivity contribution in [3.63, 3.8) is 0 Å². The van der Waals surface area contributed by atoms with Gasteiger partial charge in [0.05, 0.1) is 24.1 Å². The van der Waals surface area contributed by atoms with Crippen LogP contribution >= 0.6 is 0 Å². The van der Waals surface area contributed by atoms with Crippen LogP contribution < -0.4 is 9.64 Å². The number of piperidine rings is 1. The first kappa shape index (κ1) is 16.7. The fraction of sp³-hybridized carbons (Fsp3) is 0.476. The molecule has 1 atom stereocenters. The van der Waals surface area contributed by atoms with Crippen LogP contribution in [0.5, 0.6) is 5.75 Å². The molecule has 1 saturated carbocycles. The van der Waals surface area contributed by atoms with Gasteiger partial charge >= 0.3 is 0 Å². The second-order valence-electron chi connectivity index (χ2n) is 8.04. The number of aromatic nitrogens is 2. The van der Waals surface area contributed by atoms with Gasteiger partial charge in [0.15, 0.2) is 0 Å². The Morgan fingerprint density at radius 1 is 1.22 bits per heavy atom. The van der Waals surface area contributed by atoms with Gasteiger partial charge in [0.1, 0.15) is 23.5 Å². The smallest absolute Gasteiger partial charge is 0.132 e. The standard InChI is InChI=1S/C21H24N4O2/c1-21(6-7-21)27-16-5-4-14-11-22-20(17(14)9-16)18-10-19(24-13-23-18)25-8-2-3-15(26)12-25/h4-5,9-10,13,15,26H,2-3,6-8,11-12H2,1H3/t15-/m1/s1. The molecule has 140 valence electrons. The molecule has 1 aromatic carbocycles. The molecule has 3 heterocycles. The normalized spacial score (nSPS) is 23.0. The Morgan fingerprint density at radius 3 is 2.93 bits per heavy atom. The molecule has 6 nitrogen and oxygen atoms in total. The lowest BCUT2D eigenvalue weighted by Crippen LogP contribution is -2.38. The molecule has 1 aliphatic carbocycles. The molecule has 5 rings (SSSR count). The fourth-order valence-corrected chi connectivity index (χ4v) is 3.82. The van der Waals surface area contributed by atoms with Crippen molar-refractivity contribution < 1.29 is 9.84 Å². The first-order valence-corrected chi connectivity index (χ1v) is 9.72. The molecule has 6 heteroatoms. The molecule has 1 aromatic heterocycles. The number of anilines is 1. The Balaban J connectivity index is 1.43. The maximum atomic E-state index is 9.96. The lowest BCUT2D eigenvalue weighted by atomic mass is 10.0. The molecule has 0 bridgehead atoms. The first-order valence-electron chi connectivity index (χ1n) is 9.72. The van der Waals surface area contributed by atoms with Gasteiger partial charge in [-0.25, -0.2) is 9.97 Å². The van der Waals surface area contributed by atoms with E-state index in [1.165, 1.54) is 5.56 Å². The highest BCUT2D eigenvalue weighted by molar-refractivity contribution is 6.14. The highest BCUT2D eigenvalue weighted by atomic mass is 16.5. The van der Waals surface area contributed by atoms with Crippen LogP contribution in [0.1, 0.15) is 49.4 Å². The van der Waals surface area contributed by atoms with E-state index in [2.05, 4.69) is 33.9 Å². The average molecular weight is 364 g/mol. The lowest BCUT2D eigenvalue weighted by Gasteiger charge is -2.31. The fourth-order valence-electron chi connectivity index (χ4n) is 3.82. The minimum absolute atomic E-state index is 0.00132. The summed E-state index contributed by atoms with van der Waals surface area (Å²) in [5.74, 6) is 1.75. The molecule has 1 N–H and O–H groups in total. The zero-order valence-electron chi connectivity index (χ0n) is 15.6. The number of aliphatic hydroxyl groups is 1. The van der Waals surface area contributed by atoms with Crippen LogP contribution in [0.15, 0.2) is 35.6 Å². The van der Waals surface area contributed by atoms with Crippen LogP contribution in [0, 0.1) is 0 Å². The summed E-state index contributed by atoms with van der Waals surface area (Å²) < 4.78 is 6.13. The number of nitrogens with zero attached hydrogens (tertiary/aromatic N) is 4. The number of aliphatic hydroxyl groups excluding tert-OH is 1. The van der Waals surface area contributed by atoms with Crippen LogP contribution in [0.25, 0.3) is 0 Å². The molecule has 3 aliphatic rings. The van der Waals surface area contributed by atoms with E-state index in [0.29, 0.717) is 13.1 Å². The van der Waals surface area contributed by atoms with Gasteiger partial charge in [-0.15, -0.1) is 0 Å². The second-order valence-corrected chi connectivity index (χ2v) is 8.04. The minimum Gasteiger partial charge on any atom is -0.488 e. The summed E-state index contributed by atoms with van der Waals surface area (Å²) in [5, 5.41) is 9.96. The van der Waals surface area contributed by atoms with E-state index in [1.807, 2.05) is 12.1 Å². The van der Waals surface area contributed by atoms with Gasteiger partial charge in [0.2, 0.25) is 0 Å². The monoisotopic (exact) mass is 364 g/mol. The molecule has 0 spiro atoms. The Morgan fingerprint density at radius 2 is 2.11 bits per heavy atom. The zero-order valence-corrected chi connectivity index (χ0v) is 15.6. The molecular weight excluding hydrogens is 340 g/mol. The number of benzene rings is 1. The quantitative estimate of drug-likeness (QED) is 0.903. The number of β-amino-alcohol motifs (C(OH)–C–C–N with tert-alkyl or cyclic N) is 1. The Hall–Kier alpha value is -2.47. The van der Waals surface area contributed by atoms with Crippen molar-refractivity contribution in [2.45, 2.75) is 50.9 Å². The van der Waals surface area contributed by atoms with E-state index in [1.54, 1.807) is 6.33 Å². The van der Waals surface area contributed by atoms with Crippen LogP contribution in [-0.4, -0.2) is 45.6 Å². The molecule has 2 aliphatic heterocycles. The van der Waals surface area contributed by atoms with Gasteiger partial charge in [-0.1, -0.05) is 6.07 Å². The third-order valence-electron chi connectivity index (χ3n) is 5.68. The highest BCUT2D eigenvalue weighted by Gasteiger charge is 2.40. The summed E-state index contributed by atoms with van der Waals surface area (Å²) in [6, 6.07) is 8.23. The summed E-state index contributed by atoms with van der Waals surface area (Å²) in [7, 11) is 0. The summed E-state index contributed by atoms with van der Waals surface area (Å²) >= 11 is 0. The van der Waals surface area contributed by atoms with Crippen LogP contribution in [-0.2, 0) is 6.54 Å². The summed E-state index contributed by atoms with van der Waals surface area (Å²) in [4.78, 5) is 15.8. The molecular formula is C21H24N4O2. The van der Waals surface area contributed by atoms with E-state index in [-0.39, 0.29) is 11.7 Å². The van der Waals surface area contributed by atoms with E-state index >= 15 is 0 Å². The van der Waals surface area contributed by atoms with Crippen molar-refractivity contribution in [1.82, 2.24) is 9.97 Å². The predicted octanol–water partition coefficient (Wildman–Crippen LogP) is 2.72. The number of hydrogen-bond donors (Lipinski definition) is 1. The third-order valence-corrected chi connectivity index (χ3v) is 5.68. The molecule has 2 fully saturated rings. The zero-order chi connectivity index (χ0) is 18.4. The maximum Gasteiger partial charge on any atom is 0.132 e. The molecule has 2 aromatic rings. The van der Waals surface area contributed by atoms with E-state index in [0.717, 1.165) is 60.8 Å². The Kier molecular flexibility index (Phi) is 3.90. The topological polar surface area (TPSA) is 70.8 Å². The van der Waals surface area contributed by atoms with Crippen molar-refractivity contribution >= 4 is 11.5 Å². The highest BCUT2D eigenvalue weighted by Crippen LogP contribution is 2.40. The van der Waals surface area contributed by atoms with Crippen molar-refractivity contribution in [1.29, 1.82) is 0 Å². The number of hydrogen-bond acceptors (Lipinski definition) is 6. The van der Waals surface area contributed by atoms with Gasteiger partial charge in [-0.3, -0.25) is 4.99 Å². The molecule has 0 unspecified atom stereocenters.